The van der Waals surface area contributed by atoms with Gasteiger partial charge in [0.05, 0.1) is 5.02 Å². The van der Waals surface area contributed by atoms with Crippen molar-refractivity contribution in [1.82, 2.24) is 9.99 Å². The zero-order valence-electron chi connectivity index (χ0n) is 9.78. The number of halogens is 1. The van der Waals surface area contributed by atoms with E-state index in [1.165, 1.54) is 19.3 Å². The zero-order valence-corrected chi connectivity index (χ0v) is 10.5. The molecular weight excluding hydrogens is 222 g/mol. The first-order valence-electron chi connectivity index (χ1n) is 5.83. The van der Waals surface area contributed by atoms with Crippen molar-refractivity contribution in [3.05, 3.63) is 23.4 Å². The van der Waals surface area contributed by atoms with Gasteiger partial charge in [0.25, 0.3) is 0 Å². The van der Waals surface area contributed by atoms with Crippen LogP contribution in [0.15, 0.2) is 18.3 Å². The van der Waals surface area contributed by atoms with E-state index in [1.807, 2.05) is 12.1 Å². The van der Waals surface area contributed by atoms with Gasteiger partial charge in [-0.15, -0.1) is 0 Å². The summed E-state index contributed by atoms with van der Waals surface area (Å²) in [6.07, 6.45) is 5.47. The topological polar surface area (TPSA) is 28.2 Å². The lowest BCUT2D eigenvalue weighted by molar-refractivity contribution is 0.135. The molecule has 1 aromatic rings. The maximum Gasteiger partial charge on any atom is 0.140 e. The highest BCUT2D eigenvalue weighted by Crippen LogP contribution is 2.23. The van der Waals surface area contributed by atoms with Crippen LogP contribution in [-0.2, 0) is 0 Å². The van der Waals surface area contributed by atoms with Crippen molar-refractivity contribution in [1.29, 1.82) is 0 Å². The molecule has 0 spiro atoms. The van der Waals surface area contributed by atoms with Crippen LogP contribution in [0.1, 0.15) is 33.1 Å². The maximum absolute atomic E-state index is 5.81. The molecule has 1 fully saturated rings. The summed E-state index contributed by atoms with van der Waals surface area (Å²) in [5, 5.41) is 2.96. The second-order valence-electron chi connectivity index (χ2n) is 4.51. The van der Waals surface area contributed by atoms with Gasteiger partial charge >= 0.3 is 0 Å². The zero-order chi connectivity index (χ0) is 11.5. The molecule has 4 heteroatoms. The molecule has 0 aromatic carbocycles. The Hall–Kier alpha value is -0.800. The van der Waals surface area contributed by atoms with Crippen molar-refractivity contribution in [2.24, 2.45) is 0 Å². The Balaban J connectivity index is 2.04. The van der Waals surface area contributed by atoms with Crippen molar-refractivity contribution >= 4 is 17.4 Å². The molecule has 1 aliphatic rings. The molecule has 2 unspecified atom stereocenters. The molecule has 1 aromatic heterocycles. The van der Waals surface area contributed by atoms with Crippen LogP contribution in [0.25, 0.3) is 0 Å². The van der Waals surface area contributed by atoms with Crippen LogP contribution in [0.4, 0.5) is 5.82 Å². The highest BCUT2D eigenvalue weighted by atomic mass is 35.5. The fourth-order valence-corrected chi connectivity index (χ4v) is 2.33. The van der Waals surface area contributed by atoms with E-state index >= 15 is 0 Å². The molecule has 88 valence electrons. The van der Waals surface area contributed by atoms with Gasteiger partial charge in [0, 0.05) is 18.3 Å². The van der Waals surface area contributed by atoms with Gasteiger partial charge < -0.3 is 5.43 Å². The van der Waals surface area contributed by atoms with Crippen LogP contribution in [0.5, 0.6) is 0 Å². The van der Waals surface area contributed by atoms with E-state index in [-0.39, 0.29) is 0 Å². The van der Waals surface area contributed by atoms with Crippen molar-refractivity contribution in [2.75, 3.05) is 5.43 Å². The standard InChI is InChI=1S/C12H18ClN3/c1-9-4-3-5-10(2)16(9)15-12-7-6-11(13)8-14-12/h6-10H,3-5H2,1-2H3,(H,14,15). The number of nitrogens with one attached hydrogen (secondary N) is 1. The maximum atomic E-state index is 5.81. The lowest BCUT2D eigenvalue weighted by atomic mass is 10.00. The van der Waals surface area contributed by atoms with E-state index in [4.69, 9.17) is 11.6 Å². The molecule has 1 saturated heterocycles. The molecule has 2 atom stereocenters. The lowest BCUT2D eigenvalue weighted by Gasteiger charge is -2.39. The fraction of sp³-hybridized carbons (Fsp3) is 0.583. The third kappa shape index (κ3) is 2.66. The molecule has 2 rings (SSSR count). The quantitative estimate of drug-likeness (QED) is 0.858. The fourth-order valence-electron chi connectivity index (χ4n) is 2.22. The van der Waals surface area contributed by atoms with Gasteiger partial charge in [0.1, 0.15) is 5.82 Å². The van der Waals surface area contributed by atoms with Crippen LogP contribution >= 0.6 is 11.6 Å². The largest absolute Gasteiger partial charge is 0.303 e. The highest BCUT2D eigenvalue weighted by Gasteiger charge is 2.24. The van der Waals surface area contributed by atoms with Crippen LogP contribution in [0.2, 0.25) is 5.02 Å². The van der Waals surface area contributed by atoms with E-state index in [2.05, 4.69) is 29.3 Å². The number of rotatable bonds is 2. The van der Waals surface area contributed by atoms with Gasteiger partial charge in [-0.05, 0) is 38.8 Å². The van der Waals surface area contributed by atoms with Gasteiger partial charge in [0.15, 0.2) is 0 Å². The van der Waals surface area contributed by atoms with E-state index in [1.54, 1.807) is 6.20 Å². The van der Waals surface area contributed by atoms with Gasteiger partial charge in [-0.2, -0.15) is 0 Å². The monoisotopic (exact) mass is 239 g/mol. The van der Waals surface area contributed by atoms with Crippen LogP contribution in [-0.4, -0.2) is 22.1 Å². The van der Waals surface area contributed by atoms with Crippen LogP contribution in [0.3, 0.4) is 0 Å². The third-order valence-corrected chi connectivity index (χ3v) is 3.39. The lowest BCUT2D eigenvalue weighted by Crippen LogP contribution is -2.47. The molecule has 2 heterocycles. The van der Waals surface area contributed by atoms with Crippen LogP contribution < -0.4 is 5.43 Å². The second-order valence-corrected chi connectivity index (χ2v) is 4.95. The summed E-state index contributed by atoms with van der Waals surface area (Å²) in [5.74, 6) is 0.866. The summed E-state index contributed by atoms with van der Waals surface area (Å²) in [7, 11) is 0. The summed E-state index contributed by atoms with van der Waals surface area (Å²) in [4.78, 5) is 4.26. The minimum atomic E-state index is 0.557. The number of piperidine rings is 1. The van der Waals surface area contributed by atoms with Crippen molar-refractivity contribution in [3.63, 3.8) is 0 Å². The summed E-state index contributed by atoms with van der Waals surface area (Å²) >= 11 is 5.81. The molecule has 0 amide bonds. The Labute approximate surface area is 102 Å². The third-order valence-electron chi connectivity index (χ3n) is 3.16. The molecule has 3 nitrogen and oxygen atoms in total. The summed E-state index contributed by atoms with van der Waals surface area (Å²) in [6, 6.07) is 4.88. The molecule has 0 bridgehead atoms. The van der Waals surface area contributed by atoms with Crippen molar-refractivity contribution in [3.8, 4) is 0 Å². The van der Waals surface area contributed by atoms with E-state index in [9.17, 15) is 0 Å². The average molecular weight is 240 g/mol. The van der Waals surface area contributed by atoms with Gasteiger partial charge in [-0.1, -0.05) is 18.0 Å². The smallest absolute Gasteiger partial charge is 0.140 e. The Morgan fingerprint density at radius 3 is 2.56 bits per heavy atom. The first kappa shape index (κ1) is 11.7. The van der Waals surface area contributed by atoms with Crippen molar-refractivity contribution < 1.29 is 0 Å². The molecule has 16 heavy (non-hydrogen) atoms. The Morgan fingerprint density at radius 1 is 1.31 bits per heavy atom. The first-order valence-corrected chi connectivity index (χ1v) is 6.21. The molecule has 0 radical (unpaired) electrons. The van der Waals surface area contributed by atoms with E-state index in [0.717, 1.165) is 5.82 Å². The Bertz CT molecular complexity index is 329. The number of hydrogen-bond acceptors (Lipinski definition) is 3. The van der Waals surface area contributed by atoms with Crippen LogP contribution in [0, 0.1) is 0 Å². The number of anilines is 1. The number of hydrogen-bond donors (Lipinski definition) is 1. The number of hydrazine groups is 1. The summed E-state index contributed by atoms with van der Waals surface area (Å²) < 4.78 is 0. The SMILES string of the molecule is CC1CCCC(C)N1Nc1ccc(Cl)cn1. The number of aromatic nitrogens is 1. The molecule has 0 aliphatic carbocycles. The predicted molar refractivity (Wildman–Crippen MR) is 67.5 cm³/mol. The highest BCUT2D eigenvalue weighted by molar-refractivity contribution is 6.30. The Kier molecular flexibility index (Phi) is 3.66. The molecule has 1 aliphatic heterocycles. The minimum Gasteiger partial charge on any atom is -0.303 e. The normalized spacial score (nSPS) is 26.7. The van der Waals surface area contributed by atoms with Crippen molar-refractivity contribution in [2.45, 2.75) is 45.2 Å². The van der Waals surface area contributed by atoms with E-state index < -0.39 is 0 Å². The number of nitrogens with zero attached hydrogens (tertiary/aromatic N) is 2. The average Bonchev–Trinajstić information content (AvgIpc) is 2.26. The van der Waals surface area contributed by atoms with Gasteiger partial charge in [-0.3, -0.25) is 0 Å². The summed E-state index contributed by atoms with van der Waals surface area (Å²) in [6.45, 7) is 4.50. The summed E-state index contributed by atoms with van der Waals surface area (Å²) in [5.41, 5.74) is 3.37. The molecule has 1 N–H and O–H groups in total. The molecular formula is C12H18ClN3. The Morgan fingerprint density at radius 2 is 2.00 bits per heavy atom. The van der Waals surface area contributed by atoms with E-state index in [0.29, 0.717) is 17.1 Å². The number of pyridine rings is 1. The van der Waals surface area contributed by atoms with Gasteiger partial charge in [0.2, 0.25) is 0 Å². The minimum absolute atomic E-state index is 0.557. The second kappa shape index (κ2) is 5.02. The van der Waals surface area contributed by atoms with Gasteiger partial charge in [-0.25, -0.2) is 9.99 Å². The molecule has 0 saturated carbocycles. The predicted octanol–water partition coefficient (Wildman–Crippen LogP) is 3.32. The first-order chi connectivity index (χ1) is 7.66.